The predicted molar refractivity (Wildman–Crippen MR) is 66.9 cm³/mol. The van der Waals surface area contributed by atoms with E-state index in [1.807, 2.05) is 19.1 Å². The van der Waals surface area contributed by atoms with Gasteiger partial charge < -0.3 is 0 Å². The van der Waals surface area contributed by atoms with Crippen molar-refractivity contribution < 1.29 is 0 Å². The Morgan fingerprint density at radius 2 is 2.06 bits per heavy atom. The summed E-state index contributed by atoms with van der Waals surface area (Å²) in [7, 11) is 0. The number of rotatable bonds is 1. The highest BCUT2D eigenvalue weighted by molar-refractivity contribution is 6.29. The minimum absolute atomic E-state index is 0.416. The standard InChI is InChI=1S/C12H9ClN4/c1-7-2-3-9-8(4-7)12(17-16-9)10-5-11(13)15-6-14-10/h2-6H,1H3,(H,16,17). The summed E-state index contributed by atoms with van der Waals surface area (Å²) >= 11 is 5.86. The molecule has 0 aliphatic rings. The fourth-order valence-electron chi connectivity index (χ4n) is 1.79. The Bertz CT molecular complexity index is 690. The second-order valence-electron chi connectivity index (χ2n) is 3.85. The van der Waals surface area contributed by atoms with Gasteiger partial charge in [0.1, 0.15) is 17.2 Å². The minimum atomic E-state index is 0.416. The first-order valence-electron chi connectivity index (χ1n) is 5.17. The van der Waals surface area contributed by atoms with E-state index in [1.54, 1.807) is 6.07 Å². The maximum absolute atomic E-state index is 5.86. The first-order chi connectivity index (χ1) is 8.24. The van der Waals surface area contributed by atoms with Gasteiger partial charge in [0, 0.05) is 11.5 Å². The molecule has 0 aliphatic heterocycles. The molecular formula is C12H9ClN4. The zero-order valence-corrected chi connectivity index (χ0v) is 9.86. The van der Waals surface area contributed by atoms with Crippen LogP contribution in [0.15, 0.2) is 30.6 Å². The van der Waals surface area contributed by atoms with E-state index in [0.29, 0.717) is 5.15 Å². The van der Waals surface area contributed by atoms with Gasteiger partial charge in [-0.3, -0.25) is 5.10 Å². The van der Waals surface area contributed by atoms with Gasteiger partial charge in [0.2, 0.25) is 0 Å². The topological polar surface area (TPSA) is 54.5 Å². The number of aromatic nitrogens is 4. The molecule has 2 aromatic heterocycles. The molecule has 4 nitrogen and oxygen atoms in total. The van der Waals surface area contributed by atoms with Crippen molar-refractivity contribution in [2.24, 2.45) is 0 Å². The Kier molecular flexibility index (Phi) is 2.30. The molecule has 5 heteroatoms. The Balaban J connectivity index is 2.27. The molecule has 17 heavy (non-hydrogen) atoms. The van der Waals surface area contributed by atoms with E-state index in [2.05, 4.69) is 26.2 Å². The summed E-state index contributed by atoms with van der Waals surface area (Å²) in [5.74, 6) is 0. The van der Waals surface area contributed by atoms with Crippen LogP contribution in [-0.4, -0.2) is 20.2 Å². The molecule has 2 heterocycles. The normalized spacial score (nSPS) is 10.9. The number of aromatic amines is 1. The highest BCUT2D eigenvalue weighted by Gasteiger charge is 2.09. The van der Waals surface area contributed by atoms with Crippen LogP contribution in [0.4, 0.5) is 0 Å². The number of hydrogen-bond donors (Lipinski definition) is 1. The molecule has 3 aromatic rings. The van der Waals surface area contributed by atoms with Crippen molar-refractivity contribution in [3.8, 4) is 11.4 Å². The lowest BCUT2D eigenvalue weighted by atomic mass is 10.1. The SMILES string of the molecule is Cc1ccc2[nH]nc(-c3cc(Cl)ncn3)c2c1. The summed E-state index contributed by atoms with van der Waals surface area (Å²) in [6.07, 6.45) is 1.44. The zero-order chi connectivity index (χ0) is 11.8. The van der Waals surface area contributed by atoms with Gasteiger partial charge in [0.25, 0.3) is 0 Å². The Morgan fingerprint density at radius 1 is 1.18 bits per heavy atom. The van der Waals surface area contributed by atoms with Gasteiger partial charge in [-0.25, -0.2) is 9.97 Å². The van der Waals surface area contributed by atoms with Crippen LogP contribution in [0.3, 0.4) is 0 Å². The quantitative estimate of drug-likeness (QED) is 0.670. The van der Waals surface area contributed by atoms with Gasteiger partial charge >= 0.3 is 0 Å². The van der Waals surface area contributed by atoms with Crippen LogP contribution in [0.25, 0.3) is 22.3 Å². The average Bonchev–Trinajstić information content (AvgIpc) is 2.71. The van der Waals surface area contributed by atoms with Crippen LogP contribution in [0, 0.1) is 6.92 Å². The predicted octanol–water partition coefficient (Wildman–Crippen LogP) is 2.98. The van der Waals surface area contributed by atoms with Crippen molar-refractivity contribution in [1.29, 1.82) is 0 Å². The Morgan fingerprint density at radius 3 is 2.88 bits per heavy atom. The molecular weight excluding hydrogens is 236 g/mol. The van der Waals surface area contributed by atoms with E-state index in [9.17, 15) is 0 Å². The number of hydrogen-bond acceptors (Lipinski definition) is 3. The number of halogens is 1. The third kappa shape index (κ3) is 1.76. The maximum atomic E-state index is 5.86. The summed E-state index contributed by atoms with van der Waals surface area (Å²) in [5, 5.41) is 8.71. The first-order valence-corrected chi connectivity index (χ1v) is 5.54. The molecule has 3 rings (SSSR count). The molecule has 0 atom stereocenters. The van der Waals surface area contributed by atoms with Gasteiger partial charge in [0.15, 0.2) is 0 Å². The number of aryl methyl sites for hydroxylation is 1. The highest BCUT2D eigenvalue weighted by Crippen LogP contribution is 2.26. The van der Waals surface area contributed by atoms with Crippen molar-refractivity contribution in [2.45, 2.75) is 6.92 Å². The molecule has 0 bridgehead atoms. The summed E-state index contributed by atoms with van der Waals surface area (Å²) in [6.45, 7) is 2.04. The monoisotopic (exact) mass is 244 g/mol. The molecule has 1 N–H and O–H groups in total. The smallest absolute Gasteiger partial charge is 0.133 e. The molecule has 0 saturated heterocycles. The Hall–Kier alpha value is -1.94. The van der Waals surface area contributed by atoms with Gasteiger partial charge in [-0.1, -0.05) is 23.2 Å². The van der Waals surface area contributed by atoms with Crippen molar-refractivity contribution in [1.82, 2.24) is 20.2 Å². The maximum Gasteiger partial charge on any atom is 0.133 e. The Labute approximate surface area is 103 Å². The average molecular weight is 245 g/mol. The molecule has 0 unspecified atom stereocenters. The fourth-order valence-corrected chi connectivity index (χ4v) is 1.93. The van der Waals surface area contributed by atoms with Crippen molar-refractivity contribution in [3.63, 3.8) is 0 Å². The summed E-state index contributed by atoms with van der Waals surface area (Å²) in [4.78, 5) is 8.05. The van der Waals surface area contributed by atoms with Gasteiger partial charge in [-0.2, -0.15) is 5.10 Å². The molecule has 0 radical (unpaired) electrons. The molecule has 1 aromatic carbocycles. The van der Waals surface area contributed by atoms with Crippen molar-refractivity contribution >= 4 is 22.5 Å². The van der Waals surface area contributed by atoms with Crippen LogP contribution in [-0.2, 0) is 0 Å². The largest absolute Gasteiger partial charge is 0.277 e. The van der Waals surface area contributed by atoms with Gasteiger partial charge in [-0.15, -0.1) is 0 Å². The van der Waals surface area contributed by atoms with E-state index >= 15 is 0 Å². The number of nitrogens with one attached hydrogen (secondary N) is 1. The minimum Gasteiger partial charge on any atom is -0.277 e. The van der Waals surface area contributed by atoms with Crippen LogP contribution in [0.2, 0.25) is 5.15 Å². The number of nitrogens with zero attached hydrogens (tertiary/aromatic N) is 3. The highest BCUT2D eigenvalue weighted by atomic mass is 35.5. The third-order valence-corrected chi connectivity index (χ3v) is 2.80. The molecule has 0 saturated carbocycles. The van der Waals surface area contributed by atoms with Gasteiger partial charge in [0.05, 0.1) is 11.2 Å². The molecule has 0 amide bonds. The zero-order valence-electron chi connectivity index (χ0n) is 9.11. The van der Waals surface area contributed by atoms with Gasteiger partial charge in [-0.05, 0) is 19.1 Å². The van der Waals surface area contributed by atoms with E-state index in [-0.39, 0.29) is 0 Å². The van der Waals surface area contributed by atoms with Crippen molar-refractivity contribution in [2.75, 3.05) is 0 Å². The fraction of sp³-hybridized carbons (Fsp3) is 0.0833. The van der Waals surface area contributed by atoms with E-state index in [4.69, 9.17) is 11.6 Å². The van der Waals surface area contributed by atoms with Crippen LogP contribution in [0.5, 0.6) is 0 Å². The van der Waals surface area contributed by atoms with E-state index in [1.165, 1.54) is 11.9 Å². The van der Waals surface area contributed by atoms with E-state index in [0.717, 1.165) is 22.3 Å². The van der Waals surface area contributed by atoms with Crippen LogP contribution in [0.1, 0.15) is 5.56 Å². The molecule has 84 valence electrons. The molecule has 0 fully saturated rings. The second kappa shape index (κ2) is 3.82. The lowest BCUT2D eigenvalue weighted by molar-refractivity contribution is 1.10. The first kappa shape index (κ1) is 10.2. The lowest BCUT2D eigenvalue weighted by Gasteiger charge is -1.98. The van der Waals surface area contributed by atoms with Crippen molar-refractivity contribution in [3.05, 3.63) is 41.3 Å². The van der Waals surface area contributed by atoms with E-state index < -0.39 is 0 Å². The lowest BCUT2D eigenvalue weighted by Crippen LogP contribution is -1.86. The van der Waals surface area contributed by atoms with Crippen LogP contribution < -0.4 is 0 Å². The number of H-pyrrole nitrogens is 1. The third-order valence-electron chi connectivity index (χ3n) is 2.59. The number of benzene rings is 1. The summed E-state index contributed by atoms with van der Waals surface area (Å²) < 4.78 is 0. The number of fused-ring (bicyclic) bond motifs is 1. The molecule has 0 aliphatic carbocycles. The summed E-state index contributed by atoms with van der Waals surface area (Å²) in [6, 6.07) is 7.82. The van der Waals surface area contributed by atoms with Crippen LogP contribution >= 0.6 is 11.6 Å². The molecule has 0 spiro atoms. The summed E-state index contributed by atoms with van der Waals surface area (Å²) in [5.41, 5.74) is 3.69. The second-order valence-corrected chi connectivity index (χ2v) is 4.23.